The largest absolute Gasteiger partial charge is 0.494 e. The number of ether oxygens (including phenoxy) is 1. The van der Waals surface area contributed by atoms with Crippen molar-refractivity contribution in [3.63, 3.8) is 0 Å². The summed E-state index contributed by atoms with van der Waals surface area (Å²) in [6.45, 7) is 4.90. The van der Waals surface area contributed by atoms with Crippen LogP contribution in [0.25, 0.3) is 0 Å². The number of unbranched alkanes of at least 4 members (excludes halogenated alkanes) is 1. The van der Waals surface area contributed by atoms with Gasteiger partial charge in [0.1, 0.15) is 13.6 Å². The van der Waals surface area contributed by atoms with Crippen LogP contribution in [0.15, 0.2) is 24.3 Å². The van der Waals surface area contributed by atoms with Crippen LogP contribution in [0.4, 0.5) is 0 Å². The van der Waals surface area contributed by atoms with E-state index in [9.17, 15) is 0 Å². The Morgan fingerprint density at radius 2 is 2.06 bits per heavy atom. The Morgan fingerprint density at radius 1 is 1.28 bits per heavy atom. The lowest BCUT2D eigenvalue weighted by Crippen LogP contribution is -2.37. The first-order chi connectivity index (χ1) is 8.53. The first-order valence-corrected chi connectivity index (χ1v) is 7.02. The molecule has 0 aromatic heterocycles. The van der Waals surface area contributed by atoms with Gasteiger partial charge < -0.3 is 10.5 Å². The van der Waals surface area contributed by atoms with Gasteiger partial charge in [0.15, 0.2) is 0 Å². The summed E-state index contributed by atoms with van der Waals surface area (Å²) in [5.41, 5.74) is 7.40. The molecular weight excluding hydrogens is 221 g/mol. The molecule has 0 spiro atoms. The fraction of sp³-hybridized carbons (Fsp3) is 0.600. The molecule has 18 heavy (non-hydrogen) atoms. The molecule has 3 heteroatoms. The van der Waals surface area contributed by atoms with E-state index < -0.39 is 0 Å². The van der Waals surface area contributed by atoms with Crippen molar-refractivity contribution in [1.82, 2.24) is 0 Å². The van der Waals surface area contributed by atoms with E-state index in [2.05, 4.69) is 33.8 Å². The molecule has 0 saturated carbocycles. The Kier molecular flexibility index (Phi) is 6.27. The van der Waals surface area contributed by atoms with E-state index in [4.69, 9.17) is 10.5 Å². The molecule has 0 saturated heterocycles. The quantitative estimate of drug-likeness (QED) is 0.566. The second kappa shape index (κ2) is 7.47. The van der Waals surface area contributed by atoms with E-state index in [1.807, 2.05) is 12.1 Å². The van der Waals surface area contributed by atoms with E-state index in [-0.39, 0.29) is 5.54 Å². The third-order valence-corrected chi connectivity index (χ3v) is 3.28. The second-order valence-electron chi connectivity index (χ2n) is 5.53. The zero-order valence-electron chi connectivity index (χ0n) is 12.0. The number of aryl methyl sites for hydroxylation is 1. The van der Waals surface area contributed by atoms with Gasteiger partial charge in [0.25, 0.3) is 0 Å². The van der Waals surface area contributed by atoms with Crippen LogP contribution in [0.1, 0.15) is 38.2 Å². The second-order valence-corrected chi connectivity index (χ2v) is 5.53. The molecule has 0 aliphatic heterocycles. The van der Waals surface area contributed by atoms with Crippen LogP contribution in [0, 0.1) is 6.92 Å². The van der Waals surface area contributed by atoms with Crippen LogP contribution >= 0.6 is 0 Å². The minimum absolute atomic E-state index is 0.0982. The standard InChI is InChI=1S/C15H26BNO/c1-13-6-5-7-14(12-13)18-11-9-15(2,17)8-3-4-10-16/h5-7,12H,3-4,8-11,16-17H2,1-2H3. The van der Waals surface area contributed by atoms with Crippen molar-refractivity contribution < 1.29 is 4.74 Å². The van der Waals surface area contributed by atoms with Crippen molar-refractivity contribution in [2.75, 3.05) is 6.61 Å². The molecule has 0 aliphatic rings. The maximum Gasteiger partial charge on any atom is 0.119 e. The van der Waals surface area contributed by atoms with Crippen LogP contribution in [-0.4, -0.2) is 20.0 Å². The molecule has 1 unspecified atom stereocenters. The molecule has 0 bridgehead atoms. The normalized spacial score (nSPS) is 14.2. The molecule has 2 N–H and O–H groups in total. The van der Waals surface area contributed by atoms with Crippen LogP contribution in [0.5, 0.6) is 5.75 Å². The van der Waals surface area contributed by atoms with Crippen LogP contribution in [0.2, 0.25) is 6.32 Å². The molecule has 1 aromatic carbocycles. The molecule has 2 nitrogen and oxygen atoms in total. The number of benzene rings is 1. The third-order valence-electron chi connectivity index (χ3n) is 3.28. The summed E-state index contributed by atoms with van der Waals surface area (Å²) < 4.78 is 5.75. The smallest absolute Gasteiger partial charge is 0.119 e. The molecular formula is C15H26BNO. The van der Waals surface area contributed by atoms with Gasteiger partial charge >= 0.3 is 0 Å². The molecule has 0 radical (unpaired) electrons. The SMILES string of the molecule is BCCCCC(C)(N)CCOc1cccc(C)c1. The molecule has 0 heterocycles. The first-order valence-electron chi connectivity index (χ1n) is 7.02. The lowest BCUT2D eigenvalue weighted by molar-refractivity contribution is 0.256. The van der Waals surface area contributed by atoms with Crippen molar-refractivity contribution in [2.24, 2.45) is 5.73 Å². The van der Waals surface area contributed by atoms with Crippen molar-refractivity contribution in [1.29, 1.82) is 0 Å². The summed E-state index contributed by atoms with van der Waals surface area (Å²) in [5, 5.41) is 0. The van der Waals surface area contributed by atoms with E-state index in [0.29, 0.717) is 6.61 Å². The Hall–Kier alpha value is -0.955. The van der Waals surface area contributed by atoms with Crippen molar-refractivity contribution in [2.45, 2.75) is 51.4 Å². The predicted molar refractivity (Wildman–Crippen MR) is 81.1 cm³/mol. The topological polar surface area (TPSA) is 35.2 Å². The average molecular weight is 247 g/mol. The highest BCUT2D eigenvalue weighted by molar-refractivity contribution is 6.08. The summed E-state index contributed by atoms with van der Waals surface area (Å²) >= 11 is 0. The third kappa shape index (κ3) is 6.11. The summed E-state index contributed by atoms with van der Waals surface area (Å²) in [5.74, 6) is 0.944. The van der Waals surface area contributed by atoms with Crippen molar-refractivity contribution >= 4 is 7.85 Å². The van der Waals surface area contributed by atoms with Crippen LogP contribution in [-0.2, 0) is 0 Å². The average Bonchev–Trinajstić information content (AvgIpc) is 2.29. The van der Waals surface area contributed by atoms with Gasteiger partial charge in [-0.1, -0.05) is 31.3 Å². The Balaban J connectivity index is 2.27. The molecule has 0 aliphatic carbocycles. The molecule has 1 aromatic rings. The number of nitrogens with two attached hydrogens (primary N) is 1. The maximum atomic E-state index is 6.27. The van der Waals surface area contributed by atoms with E-state index in [1.165, 1.54) is 24.7 Å². The van der Waals surface area contributed by atoms with Crippen LogP contribution in [0.3, 0.4) is 0 Å². The Bertz CT molecular complexity index is 352. The van der Waals surface area contributed by atoms with Crippen molar-refractivity contribution in [3.8, 4) is 5.75 Å². The number of hydrogen-bond donors (Lipinski definition) is 1. The molecule has 1 rings (SSSR count). The summed E-state index contributed by atoms with van der Waals surface area (Å²) in [4.78, 5) is 0. The molecule has 0 amide bonds. The Morgan fingerprint density at radius 3 is 2.72 bits per heavy atom. The van der Waals surface area contributed by atoms with Gasteiger partial charge in [0, 0.05) is 5.54 Å². The molecule has 1 atom stereocenters. The minimum atomic E-state index is -0.0982. The predicted octanol–water partition coefficient (Wildman–Crippen LogP) is 2.70. The fourth-order valence-electron chi connectivity index (χ4n) is 2.01. The monoisotopic (exact) mass is 247 g/mol. The summed E-state index contributed by atoms with van der Waals surface area (Å²) in [6.07, 6.45) is 5.72. The molecule has 0 fully saturated rings. The lowest BCUT2D eigenvalue weighted by atomic mass is 9.90. The first kappa shape index (κ1) is 15.1. The van der Waals surface area contributed by atoms with Gasteiger partial charge in [-0.05, 0) is 44.4 Å². The van der Waals surface area contributed by atoms with Gasteiger partial charge in [-0.15, -0.1) is 0 Å². The number of rotatable bonds is 8. The lowest BCUT2D eigenvalue weighted by Gasteiger charge is -2.24. The van der Waals surface area contributed by atoms with E-state index in [0.717, 1.165) is 18.6 Å². The maximum absolute atomic E-state index is 6.27. The summed E-state index contributed by atoms with van der Waals surface area (Å²) in [6, 6.07) is 8.15. The van der Waals surface area contributed by atoms with Crippen LogP contribution < -0.4 is 10.5 Å². The fourth-order valence-corrected chi connectivity index (χ4v) is 2.01. The van der Waals surface area contributed by atoms with Crippen molar-refractivity contribution in [3.05, 3.63) is 29.8 Å². The van der Waals surface area contributed by atoms with Gasteiger partial charge in [-0.3, -0.25) is 0 Å². The van der Waals surface area contributed by atoms with E-state index >= 15 is 0 Å². The highest BCUT2D eigenvalue weighted by atomic mass is 16.5. The highest BCUT2D eigenvalue weighted by Crippen LogP contribution is 2.18. The van der Waals surface area contributed by atoms with Gasteiger partial charge in [0.2, 0.25) is 0 Å². The highest BCUT2D eigenvalue weighted by Gasteiger charge is 2.17. The van der Waals surface area contributed by atoms with E-state index in [1.54, 1.807) is 0 Å². The zero-order chi connectivity index (χ0) is 13.4. The molecule has 100 valence electrons. The van der Waals surface area contributed by atoms with Gasteiger partial charge in [0.05, 0.1) is 6.61 Å². The van der Waals surface area contributed by atoms with Gasteiger partial charge in [-0.2, -0.15) is 0 Å². The minimum Gasteiger partial charge on any atom is -0.494 e. The Labute approximate surface area is 112 Å². The van der Waals surface area contributed by atoms with Gasteiger partial charge in [-0.25, -0.2) is 0 Å². The number of hydrogen-bond acceptors (Lipinski definition) is 2. The zero-order valence-corrected chi connectivity index (χ0v) is 12.0. The summed E-state index contributed by atoms with van der Waals surface area (Å²) in [7, 11) is 2.22.